The fourth-order valence-electron chi connectivity index (χ4n) is 1.85. The third kappa shape index (κ3) is 1.73. The van der Waals surface area contributed by atoms with E-state index in [1.165, 1.54) is 6.08 Å². The van der Waals surface area contributed by atoms with Gasteiger partial charge in [-0.2, -0.15) is 21.6 Å². The highest BCUT2D eigenvalue weighted by molar-refractivity contribution is 7.87. The lowest BCUT2D eigenvalue weighted by atomic mass is 9.60. The van der Waals surface area contributed by atoms with E-state index < -0.39 is 15.6 Å². The van der Waals surface area contributed by atoms with E-state index in [1.807, 2.05) is 0 Å². The molecule has 3 nitrogen and oxygen atoms in total. The van der Waals surface area contributed by atoms with Gasteiger partial charge in [0.15, 0.2) is 0 Å². The molecular formula is C8H9F3O3S. The maximum absolute atomic E-state index is 11.9. The van der Waals surface area contributed by atoms with Crippen molar-refractivity contribution in [2.24, 2.45) is 5.41 Å². The van der Waals surface area contributed by atoms with Crippen molar-refractivity contribution in [1.82, 2.24) is 0 Å². The second kappa shape index (κ2) is 2.90. The molecule has 0 amide bonds. The first-order chi connectivity index (χ1) is 6.74. The summed E-state index contributed by atoms with van der Waals surface area (Å²) in [5.74, 6) is -0.0768. The van der Waals surface area contributed by atoms with E-state index in [4.69, 9.17) is 0 Å². The fraction of sp³-hybridized carbons (Fsp3) is 0.750. The Morgan fingerprint density at radius 1 is 1.33 bits per heavy atom. The zero-order chi connectivity index (χ0) is 11.3. The third-order valence-electron chi connectivity index (χ3n) is 2.84. The third-order valence-corrected chi connectivity index (χ3v) is 3.84. The van der Waals surface area contributed by atoms with E-state index in [1.54, 1.807) is 0 Å². The average Bonchev–Trinajstić information content (AvgIpc) is 1.89. The normalized spacial score (nSPS) is 24.1. The van der Waals surface area contributed by atoms with Gasteiger partial charge in [-0.1, -0.05) is 6.42 Å². The largest absolute Gasteiger partial charge is 0.534 e. The topological polar surface area (TPSA) is 43.4 Å². The Morgan fingerprint density at radius 3 is 2.20 bits per heavy atom. The molecule has 0 aromatic heterocycles. The summed E-state index contributed by atoms with van der Waals surface area (Å²) in [5, 5.41) is 0. The van der Waals surface area contributed by atoms with Crippen LogP contribution in [0.2, 0.25) is 0 Å². The Labute approximate surface area is 85.0 Å². The predicted molar refractivity (Wildman–Crippen MR) is 45.0 cm³/mol. The first kappa shape index (κ1) is 10.8. The van der Waals surface area contributed by atoms with Crippen LogP contribution in [0.3, 0.4) is 0 Å². The maximum Gasteiger partial charge on any atom is 0.534 e. The smallest absolute Gasteiger partial charge is 0.381 e. The summed E-state index contributed by atoms with van der Waals surface area (Å²) in [6, 6.07) is 0. The molecule has 2 aliphatic rings. The van der Waals surface area contributed by atoms with Gasteiger partial charge in [-0.05, 0) is 24.3 Å². The Morgan fingerprint density at radius 2 is 1.87 bits per heavy atom. The molecule has 0 bridgehead atoms. The van der Waals surface area contributed by atoms with Gasteiger partial charge in [-0.3, -0.25) is 0 Å². The van der Waals surface area contributed by atoms with E-state index in [2.05, 4.69) is 4.18 Å². The molecule has 0 aromatic rings. The lowest BCUT2D eigenvalue weighted by Crippen LogP contribution is -2.37. The second-order valence-corrected chi connectivity index (χ2v) is 5.52. The van der Waals surface area contributed by atoms with Crippen LogP contribution in [0.25, 0.3) is 0 Å². The Kier molecular flexibility index (Phi) is 2.09. The van der Waals surface area contributed by atoms with E-state index in [0.29, 0.717) is 6.42 Å². The van der Waals surface area contributed by atoms with Crippen LogP contribution in [-0.4, -0.2) is 13.9 Å². The van der Waals surface area contributed by atoms with Crippen LogP contribution < -0.4 is 0 Å². The molecule has 0 saturated heterocycles. The Balaban J connectivity index is 2.03. The van der Waals surface area contributed by atoms with Gasteiger partial charge in [0.25, 0.3) is 0 Å². The first-order valence-electron chi connectivity index (χ1n) is 4.47. The van der Waals surface area contributed by atoms with Crippen LogP contribution >= 0.6 is 0 Å². The quantitative estimate of drug-likeness (QED) is 0.551. The minimum absolute atomic E-state index is 0.0591. The molecule has 0 unspecified atom stereocenters. The summed E-state index contributed by atoms with van der Waals surface area (Å²) < 4.78 is 60.9. The van der Waals surface area contributed by atoms with Gasteiger partial charge >= 0.3 is 15.6 Å². The van der Waals surface area contributed by atoms with Crippen molar-refractivity contribution in [3.05, 3.63) is 11.8 Å². The molecule has 0 radical (unpaired) electrons. The van der Waals surface area contributed by atoms with Gasteiger partial charge in [-0.25, -0.2) is 0 Å². The molecule has 0 heterocycles. The van der Waals surface area contributed by atoms with E-state index in [0.717, 1.165) is 19.3 Å². The minimum atomic E-state index is -5.46. The van der Waals surface area contributed by atoms with Crippen LogP contribution in [-0.2, 0) is 14.3 Å². The summed E-state index contributed by atoms with van der Waals surface area (Å²) in [6.45, 7) is 0. The zero-order valence-corrected chi connectivity index (χ0v) is 8.49. The van der Waals surface area contributed by atoms with Crippen molar-refractivity contribution in [3.8, 4) is 0 Å². The molecule has 2 rings (SSSR count). The number of halogens is 3. The molecule has 1 saturated carbocycles. The van der Waals surface area contributed by atoms with Gasteiger partial charge in [0.2, 0.25) is 0 Å². The molecule has 0 aliphatic heterocycles. The number of alkyl halides is 3. The number of allylic oxidation sites excluding steroid dienone is 2. The molecule has 0 aromatic carbocycles. The lowest BCUT2D eigenvalue weighted by molar-refractivity contribution is -0.0534. The highest BCUT2D eigenvalue weighted by Gasteiger charge is 2.51. The first-order valence-corrected chi connectivity index (χ1v) is 5.88. The van der Waals surface area contributed by atoms with Crippen molar-refractivity contribution >= 4 is 10.1 Å². The van der Waals surface area contributed by atoms with Crippen molar-refractivity contribution in [3.63, 3.8) is 0 Å². The Hall–Kier alpha value is -0.720. The molecule has 86 valence electrons. The lowest BCUT2D eigenvalue weighted by Gasteiger charge is -2.45. The minimum Gasteiger partial charge on any atom is -0.381 e. The molecule has 2 aliphatic carbocycles. The average molecular weight is 242 g/mol. The zero-order valence-electron chi connectivity index (χ0n) is 7.67. The molecule has 15 heavy (non-hydrogen) atoms. The fourth-order valence-corrected chi connectivity index (χ4v) is 2.34. The SMILES string of the molecule is O=S(=O)(OC1=CC2(CCC2)C1)C(F)(F)F. The molecular weight excluding hydrogens is 233 g/mol. The van der Waals surface area contributed by atoms with Crippen molar-refractivity contribution < 1.29 is 25.8 Å². The van der Waals surface area contributed by atoms with Crippen molar-refractivity contribution in [2.75, 3.05) is 0 Å². The van der Waals surface area contributed by atoms with Crippen LogP contribution in [0.15, 0.2) is 11.8 Å². The van der Waals surface area contributed by atoms with Crippen LogP contribution in [0.4, 0.5) is 13.2 Å². The van der Waals surface area contributed by atoms with Crippen molar-refractivity contribution in [1.29, 1.82) is 0 Å². The van der Waals surface area contributed by atoms with E-state index in [-0.39, 0.29) is 11.2 Å². The van der Waals surface area contributed by atoms with Gasteiger partial charge < -0.3 is 4.18 Å². The number of hydrogen-bond acceptors (Lipinski definition) is 3. The molecule has 0 atom stereocenters. The van der Waals surface area contributed by atoms with Gasteiger partial charge in [0, 0.05) is 6.42 Å². The van der Waals surface area contributed by atoms with E-state index >= 15 is 0 Å². The maximum atomic E-state index is 11.9. The van der Waals surface area contributed by atoms with Crippen LogP contribution in [0.1, 0.15) is 25.7 Å². The van der Waals surface area contributed by atoms with E-state index in [9.17, 15) is 21.6 Å². The highest BCUT2D eigenvalue weighted by atomic mass is 32.2. The summed E-state index contributed by atoms with van der Waals surface area (Å²) in [6.07, 6.45) is 4.66. The second-order valence-electron chi connectivity index (χ2n) is 3.99. The van der Waals surface area contributed by atoms with Crippen molar-refractivity contribution in [2.45, 2.75) is 31.2 Å². The predicted octanol–water partition coefficient (Wildman–Crippen LogP) is 2.31. The molecule has 0 N–H and O–H groups in total. The summed E-state index contributed by atoms with van der Waals surface area (Å²) in [7, 11) is -5.46. The Bertz CT molecular complexity index is 403. The number of rotatable bonds is 2. The molecule has 7 heteroatoms. The van der Waals surface area contributed by atoms with Crippen LogP contribution in [0, 0.1) is 5.41 Å². The monoisotopic (exact) mass is 242 g/mol. The molecule has 1 fully saturated rings. The van der Waals surface area contributed by atoms with Gasteiger partial charge in [-0.15, -0.1) is 0 Å². The number of hydrogen-bond donors (Lipinski definition) is 0. The summed E-state index contributed by atoms with van der Waals surface area (Å²) in [5.41, 5.74) is -5.40. The summed E-state index contributed by atoms with van der Waals surface area (Å²) in [4.78, 5) is 0. The standard InChI is InChI=1S/C8H9F3O3S/c9-8(10,11)15(12,13)14-6-4-7(5-6)2-1-3-7/h4H,1-3,5H2. The van der Waals surface area contributed by atoms with Gasteiger partial charge in [0.05, 0.1) is 0 Å². The molecule has 1 spiro atoms. The summed E-state index contributed by atoms with van der Waals surface area (Å²) >= 11 is 0. The highest BCUT2D eigenvalue weighted by Crippen LogP contribution is 2.54. The van der Waals surface area contributed by atoms with Crippen LogP contribution in [0.5, 0.6) is 0 Å². The van der Waals surface area contributed by atoms with Gasteiger partial charge in [0.1, 0.15) is 5.76 Å².